The maximum absolute atomic E-state index is 5.37. The number of hydrogen-bond donors (Lipinski definition) is 1. The van der Waals surface area contributed by atoms with Crippen LogP contribution < -0.4 is 5.32 Å². The fourth-order valence-electron chi connectivity index (χ4n) is 5.21. The minimum absolute atomic E-state index is 0.0555. The third kappa shape index (κ3) is 3.01. The van der Waals surface area contributed by atoms with Crippen molar-refractivity contribution in [2.45, 2.75) is 63.5 Å². The molecular weight excluding hydrogens is 328 g/mol. The number of benzene rings is 2. The van der Waals surface area contributed by atoms with Crippen LogP contribution in [-0.2, 0) is 12.8 Å². The van der Waals surface area contributed by atoms with Crippen molar-refractivity contribution < 1.29 is 0 Å². The molecule has 0 radical (unpaired) electrons. The summed E-state index contributed by atoms with van der Waals surface area (Å²) < 4.78 is 0. The van der Waals surface area contributed by atoms with Gasteiger partial charge in [0.2, 0.25) is 0 Å². The standard InChI is InChI=1S/C25H28N2/c1-24(2)16-18-9-3-5-11-20(18)22(26-24)15-23-21-12-6-4-10-19(21)17-25(27-23)13-7-8-14-25/h3-6,9-12,15,26H,7-8,13-14,16-17H2,1-2H3. The van der Waals surface area contributed by atoms with E-state index in [1.165, 1.54) is 53.6 Å². The fraction of sp³-hybridized carbons (Fsp3) is 0.400. The second-order valence-electron chi connectivity index (χ2n) is 9.16. The van der Waals surface area contributed by atoms with E-state index in [0.29, 0.717) is 0 Å². The predicted molar refractivity (Wildman–Crippen MR) is 113 cm³/mol. The van der Waals surface area contributed by atoms with Crippen LogP contribution in [0.2, 0.25) is 0 Å². The minimum Gasteiger partial charge on any atom is -0.379 e. The van der Waals surface area contributed by atoms with Crippen molar-refractivity contribution in [1.29, 1.82) is 0 Å². The van der Waals surface area contributed by atoms with Gasteiger partial charge in [0.15, 0.2) is 0 Å². The van der Waals surface area contributed by atoms with Gasteiger partial charge in [-0.05, 0) is 56.7 Å². The molecule has 2 nitrogen and oxygen atoms in total. The monoisotopic (exact) mass is 356 g/mol. The predicted octanol–water partition coefficient (Wildman–Crippen LogP) is 5.31. The smallest absolute Gasteiger partial charge is 0.0677 e. The molecule has 0 unspecified atom stereocenters. The van der Waals surface area contributed by atoms with Gasteiger partial charge in [-0.1, -0.05) is 61.4 Å². The van der Waals surface area contributed by atoms with E-state index in [1.54, 1.807) is 0 Å². The zero-order valence-electron chi connectivity index (χ0n) is 16.4. The Labute approximate surface area is 162 Å². The average Bonchev–Trinajstić information content (AvgIpc) is 3.08. The lowest BCUT2D eigenvalue weighted by Gasteiger charge is -2.36. The SMILES string of the molecule is CC1(C)Cc2ccccc2C(=CC2=NC3(CCCC3)Cc3ccccc32)N1. The highest BCUT2D eigenvalue weighted by Gasteiger charge is 2.37. The van der Waals surface area contributed by atoms with Gasteiger partial charge < -0.3 is 5.32 Å². The van der Waals surface area contributed by atoms with Gasteiger partial charge in [0, 0.05) is 22.4 Å². The molecule has 1 N–H and O–H groups in total. The van der Waals surface area contributed by atoms with Gasteiger partial charge in [-0.2, -0.15) is 0 Å². The summed E-state index contributed by atoms with van der Waals surface area (Å²) in [5.74, 6) is 0. The van der Waals surface area contributed by atoms with Gasteiger partial charge in [0.1, 0.15) is 0 Å². The van der Waals surface area contributed by atoms with E-state index in [9.17, 15) is 0 Å². The molecule has 3 aliphatic rings. The molecule has 2 heterocycles. The first kappa shape index (κ1) is 16.8. The maximum Gasteiger partial charge on any atom is 0.0677 e. The van der Waals surface area contributed by atoms with Gasteiger partial charge >= 0.3 is 0 Å². The molecule has 0 atom stereocenters. The molecule has 2 heteroatoms. The number of nitrogens with zero attached hydrogens (tertiary/aromatic N) is 1. The molecule has 1 saturated carbocycles. The second kappa shape index (κ2) is 6.09. The van der Waals surface area contributed by atoms with E-state index < -0.39 is 0 Å². The van der Waals surface area contributed by atoms with E-state index in [-0.39, 0.29) is 11.1 Å². The highest BCUT2D eigenvalue weighted by Crippen LogP contribution is 2.41. The Balaban J connectivity index is 1.66. The summed E-state index contributed by atoms with van der Waals surface area (Å²) in [6.45, 7) is 4.57. The Kier molecular flexibility index (Phi) is 3.79. The van der Waals surface area contributed by atoms with E-state index in [0.717, 1.165) is 18.6 Å². The number of aliphatic imine (C=N–C) groups is 1. The van der Waals surface area contributed by atoms with Crippen molar-refractivity contribution in [2.24, 2.45) is 4.99 Å². The normalized spacial score (nSPS) is 23.5. The number of allylic oxidation sites excluding steroid dienone is 1. The molecular formula is C25H28N2. The highest BCUT2D eigenvalue weighted by atomic mass is 15.0. The van der Waals surface area contributed by atoms with Crippen LogP contribution >= 0.6 is 0 Å². The molecule has 2 aromatic carbocycles. The van der Waals surface area contributed by atoms with Crippen LogP contribution in [0.1, 0.15) is 61.8 Å². The largest absolute Gasteiger partial charge is 0.379 e. The summed E-state index contributed by atoms with van der Waals surface area (Å²) in [6.07, 6.45) is 9.54. The number of fused-ring (bicyclic) bond motifs is 2. The molecule has 0 amide bonds. The van der Waals surface area contributed by atoms with Crippen LogP contribution in [-0.4, -0.2) is 16.8 Å². The molecule has 27 heavy (non-hydrogen) atoms. The van der Waals surface area contributed by atoms with Crippen LogP contribution in [0.25, 0.3) is 5.70 Å². The van der Waals surface area contributed by atoms with Gasteiger partial charge in [-0.25, -0.2) is 0 Å². The van der Waals surface area contributed by atoms with Crippen molar-refractivity contribution in [3.05, 3.63) is 76.9 Å². The molecule has 1 spiro atoms. The molecule has 138 valence electrons. The summed E-state index contributed by atoms with van der Waals surface area (Å²) >= 11 is 0. The highest BCUT2D eigenvalue weighted by molar-refractivity contribution is 6.14. The van der Waals surface area contributed by atoms with Gasteiger partial charge in [-0.3, -0.25) is 4.99 Å². The summed E-state index contributed by atoms with van der Waals surface area (Å²) in [6, 6.07) is 17.7. The Bertz CT molecular complexity index is 942. The molecule has 1 fully saturated rings. The van der Waals surface area contributed by atoms with Crippen molar-refractivity contribution in [3.63, 3.8) is 0 Å². The summed E-state index contributed by atoms with van der Waals surface area (Å²) in [7, 11) is 0. The first-order valence-electron chi connectivity index (χ1n) is 10.3. The molecule has 1 aliphatic carbocycles. The quantitative estimate of drug-likeness (QED) is 0.736. The van der Waals surface area contributed by atoms with Gasteiger partial charge in [0.05, 0.1) is 11.3 Å². The topological polar surface area (TPSA) is 24.4 Å². The molecule has 0 bridgehead atoms. The van der Waals surface area contributed by atoms with Gasteiger partial charge in [0.25, 0.3) is 0 Å². The fourth-order valence-corrected chi connectivity index (χ4v) is 5.21. The van der Waals surface area contributed by atoms with E-state index >= 15 is 0 Å². The Morgan fingerprint density at radius 2 is 1.48 bits per heavy atom. The Hall–Kier alpha value is -2.35. The van der Waals surface area contributed by atoms with Crippen molar-refractivity contribution in [1.82, 2.24) is 5.32 Å². The van der Waals surface area contributed by atoms with E-state index in [2.05, 4.69) is 73.8 Å². The van der Waals surface area contributed by atoms with Crippen molar-refractivity contribution in [2.75, 3.05) is 0 Å². The zero-order chi connectivity index (χ0) is 18.5. The molecule has 5 rings (SSSR count). The van der Waals surface area contributed by atoms with E-state index in [1.807, 2.05) is 0 Å². The lowest BCUT2D eigenvalue weighted by molar-refractivity contribution is 0.434. The molecule has 2 aliphatic heterocycles. The van der Waals surface area contributed by atoms with Crippen LogP contribution in [0.3, 0.4) is 0 Å². The third-order valence-electron chi connectivity index (χ3n) is 6.40. The molecule has 0 aromatic heterocycles. The maximum atomic E-state index is 5.37. The van der Waals surface area contributed by atoms with E-state index in [4.69, 9.17) is 4.99 Å². The molecule has 2 aromatic rings. The number of rotatable bonds is 1. The van der Waals surface area contributed by atoms with Crippen LogP contribution in [0, 0.1) is 0 Å². The number of nitrogens with one attached hydrogen (secondary N) is 1. The van der Waals surface area contributed by atoms with Crippen molar-refractivity contribution >= 4 is 11.4 Å². The first-order valence-corrected chi connectivity index (χ1v) is 10.3. The van der Waals surface area contributed by atoms with Crippen LogP contribution in [0.5, 0.6) is 0 Å². The average molecular weight is 357 g/mol. The Morgan fingerprint density at radius 3 is 2.22 bits per heavy atom. The van der Waals surface area contributed by atoms with Crippen molar-refractivity contribution in [3.8, 4) is 0 Å². The minimum atomic E-state index is 0.0555. The summed E-state index contributed by atoms with van der Waals surface area (Å²) in [5.41, 5.74) is 8.08. The first-order chi connectivity index (χ1) is 13.0. The van der Waals surface area contributed by atoms with Crippen LogP contribution in [0.15, 0.2) is 59.6 Å². The second-order valence-corrected chi connectivity index (χ2v) is 9.16. The van der Waals surface area contributed by atoms with Gasteiger partial charge in [-0.15, -0.1) is 0 Å². The summed E-state index contributed by atoms with van der Waals surface area (Å²) in [4.78, 5) is 5.37. The summed E-state index contributed by atoms with van der Waals surface area (Å²) in [5, 5.41) is 3.79. The van der Waals surface area contributed by atoms with Crippen LogP contribution in [0.4, 0.5) is 0 Å². The lowest BCUT2D eigenvalue weighted by atomic mass is 9.82. The number of hydrogen-bond acceptors (Lipinski definition) is 2. The Morgan fingerprint density at radius 1 is 0.852 bits per heavy atom. The zero-order valence-corrected chi connectivity index (χ0v) is 16.4. The third-order valence-corrected chi connectivity index (χ3v) is 6.40. The molecule has 0 saturated heterocycles. The lowest BCUT2D eigenvalue weighted by Crippen LogP contribution is -2.44.